The molecule has 1 N–H and O–H groups in total. The fourth-order valence-electron chi connectivity index (χ4n) is 3.50. The summed E-state index contributed by atoms with van der Waals surface area (Å²) in [5.41, 5.74) is 2.86. The molecule has 1 amide bonds. The van der Waals surface area contributed by atoms with Crippen molar-refractivity contribution >= 4 is 5.91 Å². The Hall–Kier alpha value is -2.95. The van der Waals surface area contributed by atoms with Crippen molar-refractivity contribution in [2.75, 3.05) is 20.8 Å². The molecule has 0 radical (unpaired) electrons. The molecule has 5 nitrogen and oxygen atoms in total. The van der Waals surface area contributed by atoms with Gasteiger partial charge in [0, 0.05) is 17.7 Å². The van der Waals surface area contributed by atoms with Crippen molar-refractivity contribution in [3.8, 4) is 17.2 Å². The highest BCUT2D eigenvalue weighted by atomic mass is 16.5. The molecule has 154 valence electrons. The second kappa shape index (κ2) is 10.6. The van der Waals surface area contributed by atoms with E-state index in [2.05, 4.69) is 11.4 Å². The minimum Gasteiger partial charge on any atom is -0.496 e. The lowest BCUT2D eigenvalue weighted by Gasteiger charge is -2.15. The zero-order valence-corrected chi connectivity index (χ0v) is 17.2. The Balaban J connectivity index is 1.62. The summed E-state index contributed by atoms with van der Waals surface area (Å²) in [4.78, 5) is 12.6. The number of carbonyl (C=O) groups is 1. The van der Waals surface area contributed by atoms with Gasteiger partial charge in [0.05, 0.1) is 14.2 Å². The lowest BCUT2D eigenvalue weighted by Crippen LogP contribution is -2.25. The van der Waals surface area contributed by atoms with E-state index in [-0.39, 0.29) is 12.5 Å². The van der Waals surface area contributed by atoms with Gasteiger partial charge < -0.3 is 19.5 Å². The summed E-state index contributed by atoms with van der Waals surface area (Å²) < 4.78 is 16.7. The molecule has 0 saturated carbocycles. The number of ether oxygens (including phenoxy) is 3. The molecule has 29 heavy (non-hydrogen) atoms. The molecule has 5 heteroatoms. The maximum Gasteiger partial charge on any atom is 0.251 e. The lowest BCUT2D eigenvalue weighted by molar-refractivity contribution is 0.0954. The summed E-state index contributed by atoms with van der Waals surface area (Å²) in [6, 6.07) is 12.9. The fraction of sp³-hybridized carbons (Fsp3) is 0.375. The van der Waals surface area contributed by atoms with Crippen LogP contribution in [0.5, 0.6) is 17.2 Å². The molecule has 0 heterocycles. The van der Waals surface area contributed by atoms with E-state index in [1.54, 1.807) is 26.4 Å². The molecule has 2 aromatic carbocycles. The quantitative estimate of drug-likeness (QED) is 0.614. The molecule has 3 rings (SSSR count). The van der Waals surface area contributed by atoms with Crippen LogP contribution in [-0.2, 0) is 6.61 Å². The van der Waals surface area contributed by atoms with E-state index in [1.807, 2.05) is 30.3 Å². The lowest BCUT2D eigenvalue weighted by atomic mass is 9.97. The maximum atomic E-state index is 12.6. The zero-order valence-electron chi connectivity index (χ0n) is 17.2. The smallest absolute Gasteiger partial charge is 0.251 e. The Bertz CT molecular complexity index is 860. The van der Waals surface area contributed by atoms with Gasteiger partial charge in [0.25, 0.3) is 5.91 Å². The standard InChI is InChI=1S/C24H29NO4/c1-27-21-13-12-19(24(26)25-15-14-18-8-4-3-5-9-18)16-20(21)17-29-23-11-7-6-10-22(23)28-2/h6-8,10-13,16H,3-5,9,14-15,17H2,1-2H3,(H,25,26). The molecule has 0 fully saturated rings. The van der Waals surface area contributed by atoms with Crippen LogP contribution in [0.3, 0.4) is 0 Å². The van der Waals surface area contributed by atoms with Crippen LogP contribution in [0.4, 0.5) is 0 Å². The molecule has 1 aliphatic rings. The largest absolute Gasteiger partial charge is 0.496 e. The highest BCUT2D eigenvalue weighted by Crippen LogP contribution is 2.28. The van der Waals surface area contributed by atoms with E-state index in [9.17, 15) is 4.79 Å². The number of allylic oxidation sites excluding steroid dienone is 1. The summed E-state index contributed by atoms with van der Waals surface area (Å²) in [6.45, 7) is 0.932. The van der Waals surface area contributed by atoms with Gasteiger partial charge in [-0.1, -0.05) is 23.8 Å². The number of nitrogens with one attached hydrogen (secondary N) is 1. The van der Waals surface area contributed by atoms with Crippen molar-refractivity contribution in [1.82, 2.24) is 5.32 Å². The summed E-state index contributed by atoms with van der Waals surface area (Å²) >= 11 is 0. The van der Waals surface area contributed by atoms with Crippen molar-refractivity contribution in [3.05, 3.63) is 65.2 Å². The van der Waals surface area contributed by atoms with Crippen molar-refractivity contribution in [1.29, 1.82) is 0 Å². The number of rotatable bonds is 9. The van der Waals surface area contributed by atoms with Gasteiger partial charge >= 0.3 is 0 Å². The first-order chi connectivity index (χ1) is 14.2. The average molecular weight is 395 g/mol. The number of hydrogen-bond acceptors (Lipinski definition) is 4. The molecule has 2 aromatic rings. The third kappa shape index (κ3) is 5.76. The van der Waals surface area contributed by atoms with Gasteiger partial charge in [-0.25, -0.2) is 0 Å². The van der Waals surface area contributed by atoms with Crippen molar-refractivity contribution in [2.24, 2.45) is 0 Å². The third-order valence-corrected chi connectivity index (χ3v) is 5.11. The molecule has 0 spiro atoms. The minimum atomic E-state index is -0.0809. The summed E-state index contributed by atoms with van der Waals surface area (Å²) in [5.74, 6) is 1.91. The summed E-state index contributed by atoms with van der Waals surface area (Å²) in [6.07, 6.45) is 8.09. The molecule has 0 aliphatic heterocycles. The van der Waals surface area contributed by atoms with E-state index in [1.165, 1.54) is 18.4 Å². The molecule has 0 aromatic heterocycles. The first-order valence-corrected chi connectivity index (χ1v) is 10.1. The number of hydrogen-bond donors (Lipinski definition) is 1. The highest BCUT2D eigenvalue weighted by molar-refractivity contribution is 5.94. The zero-order chi connectivity index (χ0) is 20.5. The second-order valence-electron chi connectivity index (χ2n) is 7.08. The van der Waals surface area contributed by atoms with Crippen LogP contribution in [0.2, 0.25) is 0 Å². The number of methoxy groups -OCH3 is 2. The van der Waals surface area contributed by atoms with E-state index < -0.39 is 0 Å². The van der Waals surface area contributed by atoms with Crippen LogP contribution in [0, 0.1) is 0 Å². The topological polar surface area (TPSA) is 56.8 Å². The van der Waals surface area contributed by atoms with E-state index in [0.717, 1.165) is 24.8 Å². The van der Waals surface area contributed by atoms with E-state index >= 15 is 0 Å². The van der Waals surface area contributed by atoms with Crippen molar-refractivity contribution in [3.63, 3.8) is 0 Å². The Morgan fingerprint density at radius 1 is 1.00 bits per heavy atom. The fourth-order valence-corrected chi connectivity index (χ4v) is 3.50. The van der Waals surface area contributed by atoms with Crippen LogP contribution in [0.25, 0.3) is 0 Å². The molecule has 0 saturated heterocycles. The van der Waals surface area contributed by atoms with Crippen LogP contribution in [0.15, 0.2) is 54.1 Å². The summed E-state index contributed by atoms with van der Waals surface area (Å²) in [7, 11) is 3.22. The predicted octanol–water partition coefficient (Wildman–Crippen LogP) is 4.90. The molecule has 1 aliphatic carbocycles. The van der Waals surface area contributed by atoms with Gasteiger partial charge in [0.15, 0.2) is 11.5 Å². The monoisotopic (exact) mass is 395 g/mol. The molecular formula is C24H29NO4. The second-order valence-corrected chi connectivity index (χ2v) is 7.08. The summed E-state index contributed by atoms with van der Waals surface area (Å²) in [5, 5.41) is 3.02. The van der Waals surface area contributed by atoms with Crippen LogP contribution in [-0.4, -0.2) is 26.7 Å². The molecule has 0 bridgehead atoms. The molecule has 0 unspecified atom stereocenters. The normalized spacial score (nSPS) is 13.4. The van der Waals surface area contributed by atoms with E-state index in [0.29, 0.717) is 29.4 Å². The Kier molecular flexibility index (Phi) is 7.56. The Morgan fingerprint density at radius 2 is 1.79 bits per heavy atom. The van der Waals surface area contributed by atoms with Gasteiger partial charge in [-0.05, 0) is 62.4 Å². The predicted molar refractivity (Wildman–Crippen MR) is 114 cm³/mol. The van der Waals surface area contributed by atoms with Crippen LogP contribution in [0.1, 0.15) is 48.0 Å². The number of para-hydroxylation sites is 2. The third-order valence-electron chi connectivity index (χ3n) is 5.11. The van der Waals surface area contributed by atoms with Gasteiger partial charge in [-0.15, -0.1) is 0 Å². The SMILES string of the molecule is COc1ccc(C(=O)NCCC2=CCCCC2)cc1COc1ccccc1OC. The first kappa shape index (κ1) is 20.8. The molecular weight excluding hydrogens is 366 g/mol. The minimum absolute atomic E-state index is 0.0809. The molecule has 0 atom stereocenters. The average Bonchev–Trinajstić information content (AvgIpc) is 2.78. The van der Waals surface area contributed by atoms with Gasteiger partial charge in [-0.3, -0.25) is 4.79 Å². The number of amides is 1. The maximum absolute atomic E-state index is 12.6. The first-order valence-electron chi connectivity index (χ1n) is 10.1. The van der Waals surface area contributed by atoms with Gasteiger partial charge in [0.2, 0.25) is 0 Å². The number of benzene rings is 2. The van der Waals surface area contributed by atoms with Crippen LogP contribution < -0.4 is 19.5 Å². The van der Waals surface area contributed by atoms with Gasteiger partial charge in [-0.2, -0.15) is 0 Å². The van der Waals surface area contributed by atoms with Crippen LogP contribution >= 0.6 is 0 Å². The van der Waals surface area contributed by atoms with Gasteiger partial charge in [0.1, 0.15) is 12.4 Å². The van der Waals surface area contributed by atoms with E-state index in [4.69, 9.17) is 14.2 Å². The van der Waals surface area contributed by atoms with Crippen molar-refractivity contribution in [2.45, 2.75) is 38.7 Å². The highest BCUT2D eigenvalue weighted by Gasteiger charge is 2.12. The van der Waals surface area contributed by atoms with Crippen molar-refractivity contribution < 1.29 is 19.0 Å². The Morgan fingerprint density at radius 3 is 2.52 bits per heavy atom. The number of carbonyl (C=O) groups excluding carboxylic acids is 1. The Labute approximate surface area is 172 Å².